The number of primary amides is 1. The van der Waals surface area contributed by atoms with E-state index >= 15 is 0 Å². The Labute approximate surface area is 153 Å². The first-order valence-electron chi connectivity index (χ1n) is 7.49. The van der Waals surface area contributed by atoms with Crippen molar-refractivity contribution in [2.45, 2.75) is 20.0 Å². The maximum absolute atomic E-state index is 12.7. The average Bonchev–Trinajstić information content (AvgIpc) is 3.21. The number of rotatable bonds is 6. The standard InChI is InChI=1S/C17H18N2O4S2/c1-10(2)14(15(20)19-17(18)22)23-16(21)12(13-6-4-8-25-13)9-11-5-3-7-24-11/h3-10,14H,1-2H3,(H3,18,19,20,22)/b12-9+/t14-/m0/s1. The van der Waals surface area contributed by atoms with Crippen molar-refractivity contribution in [3.63, 3.8) is 0 Å². The summed E-state index contributed by atoms with van der Waals surface area (Å²) in [6, 6.07) is 6.41. The number of amides is 3. The lowest BCUT2D eigenvalue weighted by atomic mass is 10.1. The fourth-order valence-electron chi connectivity index (χ4n) is 2.04. The van der Waals surface area contributed by atoms with Crippen LogP contribution in [0.2, 0.25) is 0 Å². The number of urea groups is 1. The van der Waals surface area contributed by atoms with E-state index in [0.29, 0.717) is 5.57 Å². The first kappa shape index (κ1) is 18.9. The predicted octanol–water partition coefficient (Wildman–Crippen LogP) is 3.11. The largest absolute Gasteiger partial charge is 0.448 e. The van der Waals surface area contributed by atoms with Crippen LogP contribution >= 0.6 is 22.7 Å². The van der Waals surface area contributed by atoms with Crippen LogP contribution in [0.3, 0.4) is 0 Å². The van der Waals surface area contributed by atoms with E-state index < -0.39 is 24.0 Å². The van der Waals surface area contributed by atoms with Crippen molar-refractivity contribution in [1.82, 2.24) is 5.32 Å². The van der Waals surface area contributed by atoms with E-state index in [1.54, 1.807) is 26.0 Å². The summed E-state index contributed by atoms with van der Waals surface area (Å²) >= 11 is 2.88. The molecule has 0 saturated carbocycles. The summed E-state index contributed by atoms with van der Waals surface area (Å²) in [4.78, 5) is 37.3. The van der Waals surface area contributed by atoms with Crippen LogP contribution in [-0.4, -0.2) is 24.0 Å². The number of nitrogens with one attached hydrogen (secondary N) is 1. The number of thiophene rings is 2. The molecular weight excluding hydrogens is 360 g/mol. The lowest BCUT2D eigenvalue weighted by molar-refractivity contribution is -0.152. The van der Waals surface area contributed by atoms with Gasteiger partial charge in [-0.25, -0.2) is 9.59 Å². The summed E-state index contributed by atoms with van der Waals surface area (Å²) in [5.74, 6) is -1.69. The van der Waals surface area contributed by atoms with Crippen LogP contribution in [0.1, 0.15) is 23.6 Å². The number of esters is 1. The van der Waals surface area contributed by atoms with Crippen LogP contribution in [0.15, 0.2) is 35.0 Å². The van der Waals surface area contributed by atoms with E-state index in [9.17, 15) is 14.4 Å². The minimum absolute atomic E-state index is 0.324. The predicted molar refractivity (Wildman–Crippen MR) is 99.0 cm³/mol. The van der Waals surface area contributed by atoms with Crippen LogP contribution in [0.4, 0.5) is 4.79 Å². The molecule has 0 aliphatic carbocycles. The molecule has 6 nitrogen and oxygen atoms in total. The van der Waals surface area contributed by atoms with Gasteiger partial charge in [-0.05, 0) is 34.9 Å². The number of hydrogen-bond acceptors (Lipinski definition) is 6. The SMILES string of the molecule is CC(C)[C@H](OC(=O)/C(=C/c1cccs1)c1cccs1)C(=O)NC(N)=O. The van der Waals surface area contributed by atoms with Gasteiger partial charge in [0.25, 0.3) is 5.91 Å². The van der Waals surface area contributed by atoms with Crippen LogP contribution < -0.4 is 11.1 Å². The van der Waals surface area contributed by atoms with E-state index in [-0.39, 0.29) is 5.92 Å². The molecule has 25 heavy (non-hydrogen) atoms. The van der Waals surface area contributed by atoms with E-state index in [0.717, 1.165) is 9.75 Å². The smallest absolute Gasteiger partial charge is 0.340 e. The fraction of sp³-hybridized carbons (Fsp3) is 0.235. The van der Waals surface area contributed by atoms with Gasteiger partial charge in [0.05, 0.1) is 5.57 Å². The lowest BCUT2D eigenvalue weighted by Gasteiger charge is -2.20. The number of hydrogen-bond donors (Lipinski definition) is 2. The molecule has 8 heteroatoms. The van der Waals surface area contributed by atoms with Crippen molar-refractivity contribution >= 4 is 52.2 Å². The summed E-state index contributed by atoms with van der Waals surface area (Å²) in [6.07, 6.45) is 0.606. The third-order valence-corrected chi connectivity index (χ3v) is 4.90. The number of carbonyl (C=O) groups excluding carboxylic acids is 3. The fourth-order valence-corrected chi connectivity index (χ4v) is 3.43. The number of ether oxygens (including phenoxy) is 1. The Kier molecular flexibility index (Phi) is 6.49. The Hall–Kier alpha value is -2.45. The monoisotopic (exact) mass is 378 g/mol. The Bertz CT molecular complexity index is 765. The molecule has 0 spiro atoms. The molecule has 3 N–H and O–H groups in total. The molecule has 2 aromatic heterocycles. The molecule has 0 saturated heterocycles. The minimum Gasteiger partial charge on any atom is -0.448 e. The quantitative estimate of drug-likeness (QED) is 0.596. The van der Waals surface area contributed by atoms with Gasteiger partial charge in [0.1, 0.15) is 0 Å². The topological polar surface area (TPSA) is 98.5 Å². The zero-order valence-electron chi connectivity index (χ0n) is 13.7. The maximum atomic E-state index is 12.7. The summed E-state index contributed by atoms with van der Waals surface area (Å²) < 4.78 is 5.39. The van der Waals surface area contributed by atoms with Gasteiger partial charge >= 0.3 is 12.0 Å². The Balaban J connectivity index is 2.27. The summed E-state index contributed by atoms with van der Waals surface area (Å²) in [5, 5.41) is 5.71. The van der Waals surface area contributed by atoms with Crippen molar-refractivity contribution in [2.75, 3.05) is 0 Å². The molecule has 0 radical (unpaired) electrons. The van der Waals surface area contributed by atoms with Gasteiger partial charge in [0, 0.05) is 9.75 Å². The van der Waals surface area contributed by atoms with E-state index in [1.807, 2.05) is 34.3 Å². The van der Waals surface area contributed by atoms with Crippen molar-refractivity contribution in [2.24, 2.45) is 11.7 Å². The molecule has 0 bridgehead atoms. The Morgan fingerprint density at radius 2 is 1.84 bits per heavy atom. The Morgan fingerprint density at radius 1 is 1.16 bits per heavy atom. The van der Waals surface area contributed by atoms with Crippen molar-refractivity contribution < 1.29 is 19.1 Å². The van der Waals surface area contributed by atoms with Gasteiger partial charge in [-0.1, -0.05) is 26.0 Å². The minimum atomic E-state index is -1.12. The van der Waals surface area contributed by atoms with Gasteiger partial charge in [-0.2, -0.15) is 0 Å². The molecule has 3 amide bonds. The molecule has 0 unspecified atom stereocenters. The zero-order chi connectivity index (χ0) is 18.4. The Morgan fingerprint density at radius 3 is 2.36 bits per heavy atom. The van der Waals surface area contributed by atoms with Crippen molar-refractivity contribution in [3.8, 4) is 0 Å². The zero-order valence-corrected chi connectivity index (χ0v) is 15.4. The number of nitrogens with two attached hydrogens (primary N) is 1. The van der Waals surface area contributed by atoms with Crippen LogP contribution in [-0.2, 0) is 14.3 Å². The van der Waals surface area contributed by atoms with Gasteiger partial charge < -0.3 is 10.5 Å². The van der Waals surface area contributed by atoms with Crippen molar-refractivity contribution in [3.05, 3.63) is 44.8 Å². The van der Waals surface area contributed by atoms with Gasteiger partial charge in [-0.15, -0.1) is 22.7 Å². The molecule has 132 valence electrons. The molecule has 0 fully saturated rings. The molecule has 2 aromatic rings. The van der Waals surface area contributed by atoms with Gasteiger partial charge in [0.2, 0.25) is 0 Å². The third kappa shape index (κ3) is 5.27. The third-order valence-electron chi connectivity index (χ3n) is 3.18. The highest BCUT2D eigenvalue weighted by atomic mass is 32.1. The van der Waals surface area contributed by atoms with E-state index in [4.69, 9.17) is 10.5 Å². The van der Waals surface area contributed by atoms with Gasteiger partial charge in [-0.3, -0.25) is 10.1 Å². The highest BCUT2D eigenvalue weighted by Gasteiger charge is 2.29. The number of carbonyl (C=O) groups is 3. The number of imide groups is 1. The first-order valence-corrected chi connectivity index (χ1v) is 9.24. The summed E-state index contributed by atoms with van der Waals surface area (Å²) in [6.45, 7) is 3.43. The molecular formula is C17H18N2O4S2. The second-order valence-corrected chi connectivity index (χ2v) is 7.40. The average molecular weight is 378 g/mol. The molecule has 2 rings (SSSR count). The van der Waals surface area contributed by atoms with Crippen molar-refractivity contribution in [1.29, 1.82) is 0 Å². The van der Waals surface area contributed by atoms with E-state index in [1.165, 1.54) is 22.7 Å². The normalized spacial score (nSPS) is 12.7. The molecule has 0 aromatic carbocycles. The second kappa shape index (κ2) is 8.59. The van der Waals surface area contributed by atoms with Crippen LogP contribution in [0.25, 0.3) is 11.6 Å². The van der Waals surface area contributed by atoms with E-state index in [2.05, 4.69) is 0 Å². The molecule has 0 aliphatic rings. The summed E-state index contributed by atoms with van der Waals surface area (Å²) in [5.41, 5.74) is 5.33. The highest BCUT2D eigenvalue weighted by Crippen LogP contribution is 2.26. The van der Waals surface area contributed by atoms with Crippen LogP contribution in [0.5, 0.6) is 0 Å². The molecule has 1 atom stereocenters. The molecule has 2 heterocycles. The second-order valence-electron chi connectivity index (χ2n) is 5.47. The van der Waals surface area contributed by atoms with Crippen LogP contribution in [0, 0.1) is 5.92 Å². The maximum Gasteiger partial charge on any atom is 0.340 e. The van der Waals surface area contributed by atoms with Gasteiger partial charge in [0.15, 0.2) is 6.10 Å². The summed E-state index contributed by atoms with van der Waals surface area (Å²) in [7, 11) is 0. The first-order chi connectivity index (χ1) is 11.9. The lowest BCUT2D eigenvalue weighted by Crippen LogP contribution is -2.45. The molecule has 0 aliphatic heterocycles. The highest BCUT2D eigenvalue weighted by molar-refractivity contribution is 7.12.